The summed E-state index contributed by atoms with van der Waals surface area (Å²) in [4.78, 5) is 21.0. The van der Waals surface area contributed by atoms with Gasteiger partial charge in [-0.2, -0.15) is 5.10 Å². The maximum Gasteiger partial charge on any atom is 0.241 e. The molecule has 1 amide bonds. The Kier molecular flexibility index (Phi) is 5.23. The smallest absolute Gasteiger partial charge is 0.241 e. The fourth-order valence-corrected chi connectivity index (χ4v) is 3.65. The monoisotopic (exact) mass is 412 g/mol. The molecule has 4 heterocycles. The van der Waals surface area contributed by atoms with Crippen LogP contribution < -0.4 is 10.1 Å². The number of hydrogen-bond donors (Lipinski definition) is 1. The minimum atomic E-state index is -0.299. The predicted molar refractivity (Wildman–Crippen MR) is 112 cm³/mol. The zero-order valence-electron chi connectivity index (χ0n) is 18.0. The molecule has 0 bridgehead atoms. The average Bonchev–Trinajstić information content (AvgIpc) is 3.41. The van der Waals surface area contributed by atoms with Crippen molar-refractivity contribution in [2.75, 3.05) is 20.3 Å². The third kappa shape index (κ3) is 3.89. The fraction of sp³-hybridized carbons (Fsp3) is 0.524. The lowest BCUT2D eigenvalue weighted by atomic mass is 10.0. The molecule has 3 aromatic rings. The standard InChI is InChI=1S/C21H28N6O3/c1-21(2,3)27-10-14(9-24-27)15-7-16-19(26(4)12-23-16)20(25-15)30-17(11-29-5)13-6-18(28)22-8-13/h7,9-10,12-13,17H,6,8,11H2,1-5H3,(H,22,28). The Labute approximate surface area is 175 Å². The number of aryl methyl sites for hydroxylation is 1. The summed E-state index contributed by atoms with van der Waals surface area (Å²) >= 11 is 0. The van der Waals surface area contributed by atoms with E-state index in [4.69, 9.17) is 14.5 Å². The molecule has 160 valence electrons. The number of nitrogens with one attached hydrogen (secondary N) is 1. The number of hydrogen-bond acceptors (Lipinski definition) is 6. The number of methoxy groups -OCH3 is 1. The van der Waals surface area contributed by atoms with Crippen molar-refractivity contribution in [1.29, 1.82) is 0 Å². The Morgan fingerprint density at radius 3 is 2.80 bits per heavy atom. The second-order valence-corrected chi connectivity index (χ2v) is 8.76. The van der Waals surface area contributed by atoms with Crippen molar-refractivity contribution in [3.63, 3.8) is 0 Å². The van der Waals surface area contributed by atoms with E-state index in [0.717, 1.165) is 22.3 Å². The van der Waals surface area contributed by atoms with E-state index >= 15 is 0 Å². The van der Waals surface area contributed by atoms with Gasteiger partial charge in [0.1, 0.15) is 11.6 Å². The molecule has 0 aromatic carbocycles. The lowest BCUT2D eigenvalue weighted by Crippen LogP contribution is -2.33. The first-order valence-electron chi connectivity index (χ1n) is 10.1. The number of rotatable bonds is 6. The van der Waals surface area contributed by atoms with Crippen LogP contribution in [-0.2, 0) is 22.1 Å². The van der Waals surface area contributed by atoms with Gasteiger partial charge in [0.05, 0.1) is 35.9 Å². The van der Waals surface area contributed by atoms with Gasteiger partial charge in [-0.15, -0.1) is 0 Å². The van der Waals surface area contributed by atoms with Crippen molar-refractivity contribution in [2.24, 2.45) is 13.0 Å². The summed E-state index contributed by atoms with van der Waals surface area (Å²) in [5.74, 6) is 0.536. The number of carbonyl (C=O) groups excluding carboxylic acids is 1. The molecule has 2 unspecified atom stereocenters. The van der Waals surface area contributed by atoms with Gasteiger partial charge in [-0.05, 0) is 26.8 Å². The number of aromatic nitrogens is 5. The highest BCUT2D eigenvalue weighted by Crippen LogP contribution is 2.31. The van der Waals surface area contributed by atoms with E-state index in [9.17, 15) is 4.79 Å². The van der Waals surface area contributed by atoms with E-state index in [2.05, 4.69) is 36.2 Å². The number of amides is 1. The summed E-state index contributed by atoms with van der Waals surface area (Å²) in [6.07, 6.45) is 5.65. The van der Waals surface area contributed by atoms with Crippen LogP contribution in [0.4, 0.5) is 0 Å². The molecule has 1 N–H and O–H groups in total. The van der Waals surface area contributed by atoms with Crippen molar-refractivity contribution >= 4 is 16.9 Å². The maximum atomic E-state index is 11.7. The van der Waals surface area contributed by atoms with Crippen molar-refractivity contribution in [1.82, 2.24) is 29.6 Å². The molecule has 4 rings (SSSR count). The van der Waals surface area contributed by atoms with Crippen LogP contribution in [0.1, 0.15) is 27.2 Å². The Hall–Kier alpha value is -2.94. The van der Waals surface area contributed by atoms with Gasteiger partial charge in [-0.1, -0.05) is 0 Å². The second kappa shape index (κ2) is 7.71. The zero-order valence-corrected chi connectivity index (χ0v) is 18.0. The van der Waals surface area contributed by atoms with Crippen molar-refractivity contribution in [3.8, 4) is 17.1 Å². The van der Waals surface area contributed by atoms with Gasteiger partial charge < -0.3 is 19.4 Å². The molecule has 9 nitrogen and oxygen atoms in total. The van der Waals surface area contributed by atoms with Gasteiger partial charge >= 0.3 is 0 Å². The lowest BCUT2D eigenvalue weighted by molar-refractivity contribution is -0.119. The largest absolute Gasteiger partial charge is 0.470 e. The van der Waals surface area contributed by atoms with Crippen molar-refractivity contribution < 1.29 is 14.3 Å². The molecule has 0 spiro atoms. The summed E-state index contributed by atoms with van der Waals surface area (Å²) in [5, 5.41) is 7.35. The number of nitrogens with zero attached hydrogens (tertiary/aromatic N) is 5. The average molecular weight is 412 g/mol. The molecule has 30 heavy (non-hydrogen) atoms. The van der Waals surface area contributed by atoms with Gasteiger partial charge in [-0.3, -0.25) is 9.48 Å². The van der Waals surface area contributed by atoms with Crippen LogP contribution in [0, 0.1) is 5.92 Å². The first-order valence-corrected chi connectivity index (χ1v) is 10.1. The highest BCUT2D eigenvalue weighted by molar-refractivity contribution is 5.84. The van der Waals surface area contributed by atoms with E-state index in [1.54, 1.807) is 19.6 Å². The van der Waals surface area contributed by atoms with Gasteiger partial charge in [-0.25, -0.2) is 9.97 Å². The highest BCUT2D eigenvalue weighted by Gasteiger charge is 2.32. The second-order valence-electron chi connectivity index (χ2n) is 8.76. The van der Waals surface area contributed by atoms with Crippen LogP contribution >= 0.6 is 0 Å². The van der Waals surface area contributed by atoms with Gasteiger partial charge in [0, 0.05) is 44.8 Å². The molecule has 1 saturated heterocycles. The maximum absolute atomic E-state index is 11.7. The van der Waals surface area contributed by atoms with Crippen LogP contribution in [0.5, 0.6) is 5.88 Å². The quantitative estimate of drug-likeness (QED) is 0.666. The van der Waals surface area contributed by atoms with Gasteiger partial charge in [0.15, 0.2) is 0 Å². The van der Waals surface area contributed by atoms with Crippen LogP contribution in [-0.4, -0.2) is 56.6 Å². The Morgan fingerprint density at radius 2 is 2.17 bits per heavy atom. The number of pyridine rings is 1. The minimum absolute atomic E-state index is 0.0230. The van der Waals surface area contributed by atoms with E-state index in [1.807, 2.05) is 28.6 Å². The number of fused-ring (bicyclic) bond motifs is 1. The lowest BCUT2D eigenvalue weighted by Gasteiger charge is -2.23. The molecule has 2 atom stereocenters. The molecule has 0 saturated carbocycles. The molecule has 0 radical (unpaired) electrons. The Morgan fingerprint density at radius 1 is 1.37 bits per heavy atom. The van der Waals surface area contributed by atoms with Gasteiger partial charge in [0.2, 0.25) is 11.8 Å². The third-order valence-electron chi connectivity index (χ3n) is 5.36. The zero-order chi connectivity index (χ0) is 21.5. The Bertz CT molecular complexity index is 1060. The fourth-order valence-electron chi connectivity index (χ4n) is 3.65. The van der Waals surface area contributed by atoms with E-state index in [-0.39, 0.29) is 23.5 Å². The topological polar surface area (TPSA) is 96.1 Å². The third-order valence-corrected chi connectivity index (χ3v) is 5.36. The molecular formula is C21H28N6O3. The molecule has 1 fully saturated rings. The summed E-state index contributed by atoms with van der Waals surface area (Å²) in [6, 6.07) is 1.94. The number of imidazole rings is 1. The molecule has 1 aliphatic heterocycles. The van der Waals surface area contributed by atoms with Crippen LogP contribution in [0.3, 0.4) is 0 Å². The van der Waals surface area contributed by atoms with E-state index < -0.39 is 0 Å². The van der Waals surface area contributed by atoms with Crippen molar-refractivity contribution in [2.45, 2.75) is 38.8 Å². The summed E-state index contributed by atoms with van der Waals surface area (Å²) < 4.78 is 15.5. The van der Waals surface area contributed by atoms with Crippen LogP contribution in [0.25, 0.3) is 22.3 Å². The minimum Gasteiger partial charge on any atom is -0.470 e. The van der Waals surface area contributed by atoms with Crippen LogP contribution in [0.15, 0.2) is 24.8 Å². The summed E-state index contributed by atoms with van der Waals surface area (Å²) in [7, 11) is 3.54. The molecular weight excluding hydrogens is 384 g/mol. The first kappa shape index (κ1) is 20.3. The van der Waals surface area contributed by atoms with Gasteiger partial charge in [0.25, 0.3) is 0 Å². The molecule has 9 heteroatoms. The number of carbonyl (C=O) groups is 1. The molecule has 0 aliphatic carbocycles. The van der Waals surface area contributed by atoms with Crippen LogP contribution in [0.2, 0.25) is 0 Å². The SMILES string of the molecule is COCC(Oc1nc(-c2cnn(C(C)(C)C)c2)cc2ncn(C)c12)C1CNC(=O)C1. The normalized spacial score (nSPS) is 18.0. The Balaban J connectivity index is 1.73. The molecule has 3 aromatic heterocycles. The first-order chi connectivity index (χ1) is 14.3. The van der Waals surface area contributed by atoms with E-state index in [1.165, 1.54) is 0 Å². The summed E-state index contributed by atoms with van der Waals surface area (Å²) in [5.41, 5.74) is 3.10. The van der Waals surface area contributed by atoms with Crippen molar-refractivity contribution in [3.05, 3.63) is 24.8 Å². The molecule has 1 aliphatic rings. The highest BCUT2D eigenvalue weighted by atomic mass is 16.5. The van der Waals surface area contributed by atoms with E-state index in [0.29, 0.717) is 25.5 Å². The number of ether oxygens (including phenoxy) is 2. The summed E-state index contributed by atoms with van der Waals surface area (Å²) in [6.45, 7) is 7.23. The predicted octanol–water partition coefficient (Wildman–Crippen LogP) is 2.12.